The minimum atomic E-state index is -5.60. The number of hydrogen-bond acceptors (Lipinski definition) is 14. The molecule has 1 saturated carbocycles. The maximum Gasteiger partial charge on any atom is 0.483 e. The Morgan fingerprint density at radius 2 is 0.646 bits per heavy atom. The van der Waals surface area contributed by atoms with Crippen molar-refractivity contribution in [3.05, 3.63) is 12.2 Å². The Balaban J connectivity index is -0.000000155. The molecule has 0 spiro atoms. The number of allylic oxidation sites excluding steroid dienone is 2. The van der Waals surface area contributed by atoms with Crippen LogP contribution in [0.25, 0.3) is 0 Å². The molecule has 0 aromatic carbocycles. The topological polar surface area (TPSA) is 298 Å². The molecule has 3 atom stereocenters. The van der Waals surface area contributed by atoms with E-state index < -0.39 is 99.1 Å². The summed E-state index contributed by atoms with van der Waals surface area (Å²) in [7, 11) is -15.7. The van der Waals surface area contributed by atoms with E-state index in [1.165, 1.54) is 120 Å². The second kappa shape index (κ2) is 66.0. The van der Waals surface area contributed by atoms with Gasteiger partial charge in [-0.2, -0.15) is 0 Å². The van der Waals surface area contributed by atoms with Crippen molar-refractivity contribution in [3.8, 4) is 0 Å². The largest absolute Gasteiger partial charge is 0.542 e. The van der Waals surface area contributed by atoms with Crippen LogP contribution in [0, 0.1) is 17.8 Å². The first-order valence-corrected chi connectivity index (χ1v) is 64.9. The molecule has 2 rings (SSSR count). The molecule has 0 saturated heterocycles. The highest BCUT2D eigenvalue weighted by atomic mass is 30.4. The van der Waals surface area contributed by atoms with E-state index in [4.69, 9.17) is 64.2 Å². The quantitative estimate of drug-likeness (QED) is 0.0312. The number of unbranched alkanes of at least 4 members (excludes halogenated alkanes) is 9. The smallest absolute Gasteiger partial charge is 0.483 e. The molecule has 0 amide bonds. The summed E-state index contributed by atoms with van der Waals surface area (Å²) in [6.07, 6.45) is 14.7. The van der Waals surface area contributed by atoms with Gasteiger partial charge in [0.15, 0.2) is 75.2 Å². The Labute approximate surface area is 506 Å². The Morgan fingerprint density at radius 1 is 0.405 bits per heavy atom. The standard InChI is InChI=1S/C10H18OSi.3C7H18OSi.4C3H10OSi.H6O12Si8/c1-11-12-5-4-10-7-8-2-3-9(10)6-8;3*1-3-4-5-6-7-9-8-2;4*1-4-5(2)3;1-13(2)19(14(3)4,15(5)6)20(16(7)8,17(9)10)18(11)12/h2-3,8-10H,4-7,12H2,1H3;3*3-7,9H2,1-2H3;4*5H,1-3H3;1,3,5,7,9,11H. The zero-order valence-electron chi connectivity index (χ0n) is 52.9. The van der Waals surface area contributed by atoms with E-state index in [1.54, 1.807) is 28.4 Å². The van der Waals surface area contributed by atoms with E-state index in [0.29, 0.717) is 0 Å². The molecule has 2 aliphatic carbocycles. The number of hydrogen-bond donors (Lipinski definition) is 6. The Morgan fingerprint density at radius 3 is 0.810 bits per heavy atom. The molecule has 3 unspecified atom stereocenters. The summed E-state index contributed by atoms with van der Waals surface area (Å²) >= 11 is 0. The fraction of sp³-hybridized carbons (Fsp3) is 0.953. The van der Waals surface area contributed by atoms with E-state index in [0.717, 1.165) is 17.8 Å². The van der Waals surface area contributed by atoms with E-state index in [9.17, 15) is 26.8 Å². The van der Waals surface area contributed by atoms with Gasteiger partial charge in [-0.25, -0.2) is 0 Å². The van der Waals surface area contributed by atoms with Crippen LogP contribution in [0.5, 0.6) is 0 Å². The molecule has 36 heteroatoms. The predicted molar refractivity (Wildman–Crippen MR) is 354 cm³/mol. The summed E-state index contributed by atoms with van der Waals surface area (Å²) < 4.78 is 108. The summed E-state index contributed by atoms with van der Waals surface area (Å²) in [6.45, 7) is 23.8. The zero-order chi connectivity index (χ0) is 62.8. The van der Waals surface area contributed by atoms with Gasteiger partial charge < -0.3 is 91.0 Å². The van der Waals surface area contributed by atoms with Crippen LogP contribution in [0.3, 0.4) is 0 Å². The van der Waals surface area contributed by atoms with Crippen LogP contribution in [-0.4, -0.2) is 224 Å². The molecule has 2 bridgehead atoms. The van der Waals surface area contributed by atoms with Gasteiger partial charge in [0, 0.05) is 56.9 Å². The van der Waals surface area contributed by atoms with Crippen molar-refractivity contribution in [1.82, 2.24) is 0 Å². The Bertz CT molecular complexity index is 1280. The number of fused-ring (bicyclic) bond motifs is 2. The van der Waals surface area contributed by atoms with Crippen LogP contribution >= 0.6 is 0 Å². The molecular formula is C43H118O20Si16. The summed E-state index contributed by atoms with van der Waals surface area (Å²) in [6, 6.07) is 5.50. The van der Waals surface area contributed by atoms with Gasteiger partial charge in [-0.15, -0.1) is 0 Å². The lowest BCUT2D eigenvalue weighted by Gasteiger charge is -2.23. The molecule has 20 nitrogen and oxygen atoms in total. The highest BCUT2D eigenvalue weighted by molar-refractivity contribution is 8.14. The first-order chi connectivity index (χ1) is 37.1. The van der Waals surface area contributed by atoms with Crippen LogP contribution in [0.2, 0.25) is 76.6 Å². The van der Waals surface area contributed by atoms with Crippen LogP contribution in [0.1, 0.15) is 117 Å². The van der Waals surface area contributed by atoms with Gasteiger partial charge in [0.05, 0.1) is 0 Å². The first kappa shape index (κ1) is 93.2. The average Bonchev–Trinajstić information content (AvgIpc) is 4.03. The predicted octanol–water partition coefficient (Wildman–Crippen LogP) is 2.25. The lowest BCUT2D eigenvalue weighted by Crippen LogP contribution is -2.91. The van der Waals surface area contributed by atoms with Crippen LogP contribution < -0.4 is 0 Å². The molecule has 0 radical (unpaired) electrons. The van der Waals surface area contributed by atoms with E-state index >= 15 is 0 Å². The van der Waals surface area contributed by atoms with Crippen LogP contribution in [0.15, 0.2) is 12.2 Å². The molecule has 79 heavy (non-hydrogen) atoms. The molecule has 2 aliphatic rings. The van der Waals surface area contributed by atoms with E-state index in [-0.39, 0.29) is 39.1 Å². The second-order valence-electron chi connectivity index (χ2n) is 19.9. The highest BCUT2D eigenvalue weighted by Crippen LogP contribution is 2.45. The molecule has 6 N–H and O–H groups in total. The Kier molecular flexibility index (Phi) is 77.9. The molecule has 0 aromatic rings. The highest BCUT2D eigenvalue weighted by Gasteiger charge is 2.91. The Hall–Kier alpha value is 0.490. The fourth-order valence-electron chi connectivity index (χ4n) is 6.78. The SMILES string of the molecule is CCCCCC[SiH2]OC.CCCCCC[SiH2]OC.CCCCCC[SiH2]OC.CO[SiH2]CCC1CC2C=CC1C2.CO[SiH](C)C.CO[SiH](C)C.CO[SiH](C)C.CO[SiH](C)C.O=[Si](O)[Si]([Si](=O)O)([Si](=O)O)[Si]([Si](=O)O)([Si](=O)O)[Si](=O)O. The van der Waals surface area contributed by atoms with Crippen molar-refractivity contribution in [2.75, 3.05) is 56.9 Å². The monoisotopic (exact) mass is 1400 g/mol. The van der Waals surface area contributed by atoms with Crippen molar-refractivity contribution in [3.63, 3.8) is 0 Å². The zero-order valence-corrected chi connectivity index (χ0v) is 71.1. The third-order valence-corrected chi connectivity index (χ3v) is 116. The summed E-state index contributed by atoms with van der Waals surface area (Å²) in [5, 5.41) is 0. The average molecular weight is 1400 g/mol. The summed E-state index contributed by atoms with van der Waals surface area (Å²) in [5.74, 6) is 2.91. The van der Waals surface area contributed by atoms with Crippen LogP contribution in [0.4, 0.5) is 0 Å². The minimum absolute atomic E-state index is 0.106. The summed E-state index contributed by atoms with van der Waals surface area (Å²) in [5.41, 5.74) is 0. The third-order valence-electron chi connectivity index (χ3n) is 12.1. The lowest BCUT2D eigenvalue weighted by molar-refractivity contribution is 0.407. The van der Waals surface area contributed by atoms with Gasteiger partial charge in [-0.1, -0.05) is 116 Å². The lowest BCUT2D eigenvalue weighted by atomic mass is 9.91. The van der Waals surface area contributed by atoms with Gasteiger partial charge in [0.2, 0.25) is 0 Å². The normalized spacial score (nSPS) is 15.1. The number of rotatable bonds is 33. The maximum absolute atomic E-state index is 11.4. The van der Waals surface area contributed by atoms with Crippen LogP contribution in [-0.2, 0) is 62.2 Å². The molecular weight excluding hydrogens is 1290 g/mol. The van der Waals surface area contributed by atoms with Gasteiger partial charge in [-0.05, 0) is 107 Å². The second-order valence-corrected chi connectivity index (χ2v) is 87.3. The third kappa shape index (κ3) is 52.5. The van der Waals surface area contributed by atoms with Crippen molar-refractivity contribution in [2.24, 2.45) is 17.8 Å². The van der Waals surface area contributed by atoms with Gasteiger partial charge in [0.25, 0.3) is 0 Å². The van der Waals surface area contributed by atoms with Crippen molar-refractivity contribution >= 4 is 138 Å². The first-order valence-electron chi connectivity index (χ1n) is 28.3. The molecule has 0 aliphatic heterocycles. The molecule has 0 aromatic heterocycles. The summed E-state index contributed by atoms with van der Waals surface area (Å²) in [4.78, 5) is 54.9. The fourth-order valence-corrected chi connectivity index (χ4v) is 102. The van der Waals surface area contributed by atoms with Gasteiger partial charge >= 0.3 is 63.0 Å². The molecule has 474 valence electrons. The van der Waals surface area contributed by atoms with Crippen molar-refractivity contribution in [2.45, 2.75) is 194 Å². The van der Waals surface area contributed by atoms with E-state index in [1.807, 2.05) is 28.4 Å². The molecule has 0 heterocycles. The maximum atomic E-state index is 11.4. The van der Waals surface area contributed by atoms with E-state index in [2.05, 4.69) is 85.3 Å². The minimum Gasteiger partial charge on any atom is -0.542 e. The van der Waals surface area contributed by atoms with Crippen molar-refractivity contribution in [1.29, 1.82) is 0 Å². The van der Waals surface area contributed by atoms with Gasteiger partial charge in [-0.3, -0.25) is 0 Å². The van der Waals surface area contributed by atoms with Gasteiger partial charge in [0.1, 0.15) is 0 Å². The molecule has 1 fully saturated rings. The van der Waals surface area contributed by atoms with Crippen molar-refractivity contribution < 1.29 is 91.0 Å².